The molecule has 2 rings (SSSR count). The first-order valence-corrected chi connectivity index (χ1v) is 5.79. The van der Waals surface area contributed by atoms with Crippen molar-refractivity contribution in [2.75, 3.05) is 19.7 Å². The van der Waals surface area contributed by atoms with E-state index in [1.54, 1.807) is 0 Å². The lowest BCUT2D eigenvalue weighted by atomic mass is 9.90. The van der Waals surface area contributed by atoms with Gasteiger partial charge in [-0.2, -0.15) is 0 Å². The normalized spacial score (nSPS) is 35.6. The number of alkyl halides is 1. The van der Waals surface area contributed by atoms with Crippen LogP contribution in [0.2, 0.25) is 0 Å². The summed E-state index contributed by atoms with van der Waals surface area (Å²) >= 11 is 0. The quantitative estimate of drug-likeness (QED) is 0.692. The van der Waals surface area contributed by atoms with Crippen molar-refractivity contribution in [1.29, 1.82) is 0 Å². The van der Waals surface area contributed by atoms with Crippen LogP contribution in [0.15, 0.2) is 0 Å². The highest BCUT2D eigenvalue weighted by Gasteiger charge is 2.35. The van der Waals surface area contributed by atoms with Gasteiger partial charge in [-0.25, -0.2) is 4.39 Å². The molecule has 0 aromatic carbocycles. The zero-order valence-corrected chi connectivity index (χ0v) is 8.92. The summed E-state index contributed by atoms with van der Waals surface area (Å²) in [5.41, 5.74) is 0. The number of rotatable bonds is 3. The Balaban J connectivity index is 1.76. The van der Waals surface area contributed by atoms with Crippen molar-refractivity contribution in [3.05, 3.63) is 0 Å². The summed E-state index contributed by atoms with van der Waals surface area (Å²) in [6.45, 7) is 4.17. The summed E-state index contributed by atoms with van der Waals surface area (Å²) in [5.74, 6) is 0. The summed E-state index contributed by atoms with van der Waals surface area (Å²) in [4.78, 5) is 2.27. The van der Waals surface area contributed by atoms with Gasteiger partial charge in [-0.1, -0.05) is 0 Å². The van der Waals surface area contributed by atoms with Gasteiger partial charge < -0.3 is 4.74 Å². The Hall–Kier alpha value is -0.150. The Labute approximate surface area is 85.4 Å². The highest BCUT2D eigenvalue weighted by Crippen LogP contribution is 2.28. The second kappa shape index (κ2) is 4.58. The molecule has 82 valence electrons. The minimum absolute atomic E-state index is 0.428. The first-order chi connectivity index (χ1) is 6.79. The van der Waals surface area contributed by atoms with E-state index in [-0.39, 0.29) is 0 Å². The Morgan fingerprint density at radius 3 is 2.79 bits per heavy atom. The molecule has 2 nitrogen and oxygen atoms in total. The van der Waals surface area contributed by atoms with Gasteiger partial charge in [0.2, 0.25) is 0 Å². The SMILES string of the molecule is CCOC1CCCC(N2CC(F)C2)C1. The molecule has 0 N–H and O–H groups in total. The fourth-order valence-corrected chi connectivity index (χ4v) is 2.59. The smallest absolute Gasteiger partial charge is 0.125 e. The highest BCUT2D eigenvalue weighted by atomic mass is 19.1. The highest BCUT2D eigenvalue weighted by molar-refractivity contribution is 4.89. The molecule has 1 aliphatic carbocycles. The maximum absolute atomic E-state index is 12.7. The van der Waals surface area contributed by atoms with Gasteiger partial charge in [0.1, 0.15) is 6.17 Å². The molecule has 1 saturated heterocycles. The molecule has 0 spiro atoms. The lowest BCUT2D eigenvalue weighted by Crippen LogP contribution is -2.55. The van der Waals surface area contributed by atoms with E-state index in [0.29, 0.717) is 25.2 Å². The largest absolute Gasteiger partial charge is 0.378 e. The Morgan fingerprint density at radius 2 is 2.14 bits per heavy atom. The molecule has 0 bridgehead atoms. The van der Waals surface area contributed by atoms with Gasteiger partial charge in [0.15, 0.2) is 0 Å². The molecule has 0 aromatic rings. The topological polar surface area (TPSA) is 12.5 Å². The summed E-state index contributed by atoms with van der Waals surface area (Å²) in [6.07, 6.45) is 4.64. The molecule has 3 heteroatoms. The van der Waals surface area contributed by atoms with Crippen LogP contribution in [0.3, 0.4) is 0 Å². The maximum Gasteiger partial charge on any atom is 0.125 e. The molecular weight excluding hydrogens is 181 g/mol. The number of hydrogen-bond acceptors (Lipinski definition) is 2. The molecule has 1 saturated carbocycles. The van der Waals surface area contributed by atoms with Crippen molar-refractivity contribution in [2.24, 2.45) is 0 Å². The zero-order valence-electron chi connectivity index (χ0n) is 8.92. The third-order valence-corrected chi connectivity index (χ3v) is 3.38. The van der Waals surface area contributed by atoms with E-state index >= 15 is 0 Å². The first-order valence-electron chi connectivity index (χ1n) is 5.79. The van der Waals surface area contributed by atoms with Gasteiger partial charge in [0.05, 0.1) is 6.10 Å². The van der Waals surface area contributed by atoms with Crippen LogP contribution in [0.1, 0.15) is 32.6 Å². The average Bonchev–Trinajstić information content (AvgIpc) is 2.14. The van der Waals surface area contributed by atoms with E-state index in [9.17, 15) is 4.39 Å². The van der Waals surface area contributed by atoms with Crippen molar-refractivity contribution >= 4 is 0 Å². The van der Waals surface area contributed by atoms with Gasteiger partial charge in [-0.3, -0.25) is 4.90 Å². The second-order valence-electron chi connectivity index (χ2n) is 4.45. The van der Waals surface area contributed by atoms with Gasteiger partial charge >= 0.3 is 0 Å². The first kappa shape index (κ1) is 10.4. The van der Waals surface area contributed by atoms with Crippen molar-refractivity contribution in [1.82, 2.24) is 4.90 Å². The Morgan fingerprint density at radius 1 is 1.36 bits per heavy atom. The number of nitrogens with zero attached hydrogens (tertiary/aromatic N) is 1. The van der Waals surface area contributed by atoms with Crippen LogP contribution < -0.4 is 0 Å². The summed E-state index contributed by atoms with van der Waals surface area (Å²) < 4.78 is 18.3. The predicted octanol–water partition coefficient (Wildman–Crippen LogP) is 1.99. The molecule has 14 heavy (non-hydrogen) atoms. The van der Waals surface area contributed by atoms with Gasteiger partial charge in [0.25, 0.3) is 0 Å². The van der Waals surface area contributed by atoms with Crippen LogP contribution in [0, 0.1) is 0 Å². The fraction of sp³-hybridized carbons (Fsp3) is 1.00. The molecular formula is C11H20FNO. The van der Waals surface area contributed by atoms with Crippen LogP contribution in [0.5, 0.6) is 0 Å². The third kappa shape index (κ3) is 2.26. The summed E-state index contributed by atoms with van der Waals surface area (Å²) in [5, 5.41) is 0. The molecule has 2 unspecified atom stereocenters. The van der Waals surface area contributed by atoms with E-state index < -0.39 is 6.17 Å². The minimum Gasteiger partial charge on any atom is -0.378 e. The lowest BCUT2D eigenvalue weighted by Gasteiger charge is -2.44. The molecule has 2 aliphatic rings. The number of halogens is 1. The van der Waals surface area contributed by atoms with Crippen molar-refractivity contribution in [3.63, 3.8) is 0 Å². The van der Waals surface area contributed by atoms with E-state index in [2.05, 4.69) is 4.90 Å². The Kier molecular flexibility index (Phi) is 3.39. The van der Waals surface area contributed by atoms with Crippen LogP contribution in [-0.4, -0.2) is 42.9 Å². The lowest BCUT2D eigenvalue weighted by molar-refractivity contribution is -0.0342. The molecule has 0 aromatic heterocycles. The summed E-state index contributed by atoms with van der Waals surface area (Å²) in [7, 11) is 0. The fourth-order valence-electron chi connectivity index (χ4n) is 2.59. The molecule has 1 aliphatic heterocycles. The maximum atomic E-state index is 12.7. The van der Waals surface area contributed by atoms with E-state index in [1.807, 2.05) is 6.92 Å². The third-order valence-electron chi connectivity index (χ3n) is 3.38. The van der Waals surface area contributed by atoms with Crippen molar-refractivity contribution in [3.8, 4) is 0 Å². The molecule has 0 amide bonds. The Bertz CT molecular complexity index is 178. The van der Waals surface area contributed by atoms with Crippen LogP contribution in [-0.2, 0) is 4.74 Å². The van der Waals surface area contributed by atoms with Crippen molar-refractivity contribution < 1.29 is 9.13 Å². The summed E-state index contributed by atoms with van der Waals surface area (Å²) in [6, 6.07) is 0.590. The molecule has 2 atom stereocenters. The van der Waals surface area contributed by atoms with Crippen LogP contribution in [0.25, 0.3) is 0 Å². The standard InChI is InChI=1S/C11H20FNO/c1-2-14-11-5-3-4-10(6-11)13-7-9(12)8-13/h9-11H,2-8H2,1H3. The van der Waals surface area contributed by atoms with Crippen LogP contribution >= 0.6 is 0 Å². The average molecular weight is 201 g/mol. The second-order valence-corrected chi connectivity index (χ2v) is 4.45. The van der Waals surface area contributed by atoms with Crippen LogP contribution in [0.4, 0.5) is 4.39 Å². The number of ether oxygens (including phenoxy) is 1. The predicted molar refractivity (Wildman–Crippen MR) is 54.1 cm³/mol. The van der Waals surface area contributed by atoms with E-state index in [0.717, 1.165) is 13.0 Å². The number of hydrogen-bond donors (Lipinski definition) is 0. The van der Waals surface area contributed by atoms with E-state index in [4.69, 9.17) is 4.74 Å². The zero-order chi connectivity index (χ0) is 9.97. The van der Waals surface area contributed by atoms with Gasteiger partial charge in [0, 0.05) is 25.7 Å². The van der Waals surface area contributed by atoms with Crippen molar-refractivity contribution in [2.45, 2.75) is 50.9 Å². The monoisotopic (exact) mass is 201 g/mol. The molecule has 0 radical (unpaired) electrons. The molecule has 1 heterocycles. The van der Waals surface area contributed by atoms with Gasteiger partial charge in [-0.15, -0.1) is 0 Å². The minimum atomic E-state index is -0.567. The van der Waals surface area contributed by atoms with Gasteiger partial charge in [-0.05, 0) is 32.6 Å². The van der Waals surface area contributed by atoms with E-state index in [1.165, 1.54) is 19.3 Å². The molecule has 2 fully saturated rings. The number of likely N-dealkylation sites (tertiary alicyclic amines) is 1.